The molecule has 0 radical (unpaired) electrons. The maximum atomic E-state index is 12.9. The van der Waals surface area contributed by atoms with Crippen LogP contribution in [-0.4, -0.2) is 24.4 Å². The Hall–Kier alpha value is -2.44. The molecular weight excluding hydrogens is 243 g/mol. The van der Waals surface area contributed by atoms with Crippen molar-refractivity contribution in [1.82, 2.24) is 0 Å². The fourth-order valence-corrected chi connectivity index (χ4v) is 1.20. The molecule has 6 nitrogen and oxygen atoms in total. The number of nitrogens with two attached hydrogens (primary N) is 1. The van der Waals surface area contributed by atoms with Gasteiger partial charge in [0.2, 0.25) is 0 Å². The minimum absolute atomic E-state index is 0.0400. The van der Waals surface area contributed by atoms with Gasteiger partial charge in [-0.25, -0.2) is 9.18 Å². The first kappa shape index (κ1) is 13.6. The summed E-state index contributed by atoms with van der Waals surface area (Å²) in [4.78, 5) is 33.4. The van der Waals surface area contributed by atoms with Crippen molar-refractivity contribution in [2.75, 3.05) is 11.9 Å². The maximum Gasteiger partial charge on any atom is 0.397 e. The highest BCUT2D eigenvalue weighted by molar-refractivity contribution is 6.37. The number of esters is 1. The van der Waals surface area contributed by atoms with Gasteiger partial charge in [-0.3, -0.25) is 9.59 Å². The van der Waals surface area contributed by atoms with E-state index in [4.69, 9.17) is 5.73 Å². The lowest BCUT2D eigenvalue weighted by Gasteiger charge is -2.08. The van der Waals surface area contributed by atoms with Crippen LogP contribution in [0, 0.1) is 5.82 Å². The van der Waals surface area contributed by atoms with Crippen LogP contribution in [0.3, 0.4) is 0 Å². The molecule has 18 heavy (non-hydrogen) atoms. The number of halogens is 1. The summed E-state index contributed by atoms with van der Waals surface area (Å²) in [5.74, 6) is -3.77. The molecule has 0 spiro atoms. The normalized spacial score (nSPS) is 9.67. The molecule has 0 saturated carbocycles. The van der Waals surface area contributed by atoms with Crippen molar-refractivity contribution >= 4 is 23.5 Å². The second-order valence-corrected chi connectivity index (χ2v) is 3.23. The zero-order chi connectivity index (χ0) is 13.7. The molecule has 1 aromatic rings. The van der Waals surface area contributed by atoms with Gasteiger partial charge in [-0.1, -0.05) is 0 Å². The Morgan fingerprint density at radius 2 is 2.06 bits per heavy atom. The van der Waals surface area contributed by atoms with Gasteiger partial charge in [-0.05, 0) is 25.1 Å². The van der Waals surface area contributed by atoms with Crippen molar-refractivity contribution in [3.05, 3.63) is 29.6 Å². The van der Waals surface area contributed by atoms with E-state index in [0.29, 0.717) is 0 Å². The number of ether oxygens (including phenoxy) is 1. The molecule has 3 N–H and O–H groups in total. The van der Waals surface area contributed by atoms with Crippen molar-refractivity contribution in [2.45, 2.75) is 6.92 Å². The molecule has 1 aromatic carbocycles. The smallest absolute Gasteiger partial charge is 0.397 e. The Bertz CT molecular complexity index is 502. The molecule has 0 fully saturated rings. The summed E-state index contributed by atoms with van der Waals surface area (Å²) in [7, 11) is 0. The highest BCUT2D eigenvalue weighted by Crippen LogP contribution is 2.16. The number of carbonyl (C=O) groups excluding carboxylic acids is 3. The summed E-state index contributed by atoms with van der Waals surface area (Å²) in [5.41, 5.74) is 4.74. The second-order valence-electron chi connectivity index (χ2n) is 3.23. The summed E-state index contributed by atoms with van der Waals surface area (Å²) in [6, 6.07) is 3.02. The number of hydrogen-bond donors (Lipinski definition) is 2. The van der Waals surface area contributed by atoms with Crippen molar-refractivity contribution in [1.29, 1.82) is 0 Å². The summed E-state index contributed by atoms with van der Waals surface area (Å²) in [6.45, 7) is 1.58. The van der Waals surface area contributed by atoms with Gasteiger partial charge in [0.25, 0.3) is 5.91 Å². The van der Waals surface area contributed by atoms with Crippen LogP contribution >= 0.6 is 0 Å². The van der Waals surface area contributed by atoms with E-state index >= 15 is 0 Å². The number of primary amides is 1. The van der Waals surface area contributed by atoms with Gasteiger partial charge in [-0.2, -0.15) is 0 Å². The van der Waals surface area contributed by atoms with Crippen LogP contribution in [0.4, 0.5) is 10.1 Å². The van der Waals surface area contributed by atoms with Gasteiger partial charge in [0.15, 0.2) is 0 Å². The lowest BCUT2D eigenvalue weighted by molar-refractivity contribution is -0.152. The molecule has 0 unspecified atom stereocenters. The fraction of sp³-hybridized carbons (Fsp3) is 0.182. The highest BCUT2D eigenvalue weighted by atomic mass is 19.1. The number of hydrogen-bond acceptors (Lipinski definition) is 4. The van der Waals surface area contributed by atoms with E-state index in [0.717, 1.165) is 18.2 Å². The average Bonchev–Trinajstić information content (AvgIpc) is 2.31. The minimum Gasteiger partial charge on any atom is -0.459 e. The van der Waals surface area contributed by atoms with Gasteiger partial charge >= 0.3 is 11.9 Å². The molecule has 0 aromatic heterocycles. The van der Waals surface area contributed by atoms with E-state index in [2.05, 4.69) is 10.1 Å². The molecule has 0 bridgehead atoms. The molecule has 2 amide bonds. The topological polar surface area (TPSA) is 98.5 Å². The van der Waals surface area contributed by atoms with Crippen LogP contribution < -0.4 is 11.1 Å². The van der Waals surface area contributed by atoms with Crippen LogP contribution in [0.15, 0.2) is 18.2 Å². The molecule has 0 saturated heterocycles. The van der Waals surface area contributed by atoms with Crippen molar-refractivity contribution < 1.29 is 23.5 Å². The molecule has 96 valence electrons. The summed E-state index contributed by atoms with van der Waals surface area (Å²) in [6.07, 6.45) is 0. The lowest BCUT2D eigenvalue weighted by Crippen LogP contribution is -2.26. The van der Waals surface area contributed by atoms with Crippen molar-refractivity contribution in [2.24, 2.45) is 5.73 Å². The number of benzene rings is 1. The molecule has 0 heterocycles. The third-order valence-corrected chi connectivity index (χ3v) is 1.96. The summed E-state index contributed by atoms with van der Waals surface area (Å²) >= 11 is 0. The Morgan fingerprint density at radius 1 is 1.39 bits per heavy atom. The summed E-state index contributed by atoms with van der Waals surface area (Å²) in [5, 5.41) is 2.12. The first-order chi connectivity index (χ1) is 8.45. The molecule has 1 rings (SSSR count). The highest BCUT2D eigenvalue weighted by Gasteiger charge is 2.18. The van der Waals surface area contributed by atoms with Crippen LogP contribution in [0.25, 0.3) is 0 Å². The van der Waals surface area contributed by atoms with E-state index in [1.54, 1.807) is 0 Å². The standard InChI is InChI=1S/C11H11FN2O4/c1-2-18-11(17)10(16)14-8-4-3-6(12)5-7(8)9(13)15/h3-5H,2H2,1H3,(H2,13,15)(H,14,16). The van der Waals surface area contributed by atoms with E-state index in [9.17, 15) is 18.8 Å². The third-order valence-electron chi connectivity index (χ3n) is 1.96. The number of rotatable bonds is 3. The Labute approximate surface area is 102 Å². The molecule has 0 atom stereocenters. The SMILES string of the molecule is CCOC(=O)C(=O)Nc1ccc(F)cc1C(N)=O. The first-order valence-electron chi connectivity index (χ1n) is 5.03. The van der Waals surface area contributed by atoms with E-state index in [1.807, 2.05) is 0 Å². The second kappa shape index (κ2) is 5.76. The van der Waals surface area contributed by atoms with Gasteiger partial charge in [0.05, 0.1) is 17.9 Å². The van der Waals surface area contributed by atoms with Gasteiger partial charge in [-0.15, -0.1) is 0 Å². The fourth-order valence-electron chi connectivity index (χ4n) is 1.20. The van der Waals surface area contributed by atoms with Crippen LogP contribution in [0.5, 0.6) is 0 Å². The molecular formula is C11H11FN2O4. The van der Waals surface area contributed by atoms with Crippen LogP contribution in [0.2, 0.25) is 0 Å². The first-order valence-corrected chi connectivity index (χ1v) is 5.03. The average molecular weight is 254 g/mol. The number of anilines is 1. The number of amides is 2. The zero-order valence-corrected chi connectivity index (χ0v) is 9.53. The maximum absolute atomic E-state index is 12.9. The molecule has 0 aliphatic carbocycles. The molecule has 0 aliphatic heterocycles. The van der Waals surface area contributed by atoms with Crippen molar-refractivity contribution in [3.63, 3.8) is 0 Å². The monoisotopic (exact) mass is 254 g/mol. The van der Waals surface area contributed by atoms with E-state index in [1.165, 1.54) is 6.92 Å². The summed E-state index contributed by atoms with van der Waals surface area (Å²) < 4.78 is 17.4. The Kier molecular flexibility index (Phi) is 4.36. The quantitative estimate of drug-likeness (QED) is 0.603. The predicted octanol–water partition coefficient (Wildman–Crippen LogP) is 0.426. The van der Waals surface area contributed by atoms with E-state index in [-0.39, 0.29) is 17.9 Å². The molecule has 0 aliphatic rings. The Morgan fingerprint density at radius 3 is 2.61 bits per heavy atom. The van der Waals surface area contributed by atoms with Gasteiger partial charge < -0.3 is 15.8 Å². The van der Waals surface area contributed by atoms with Crippen LogP contribution in [0.1, 0.15) is 17.3 Å². The zero-order valence-electron chi connectivity index (χ0n) is 9.53. The largest absolute Gasteiger partial charge is 0.459 e. The number of nitrogens with one attached hydrogen (secondary N) is 1. The van der Waals surface area contributed by atoms with Crippen LogP contribution in [-0.2, 0) is 14.3 Å². The van der Waals surface area contributed by atoms with Crippen molar-refractivity contribution in [3.8, 4) is 0 Å². The third kappa shape index (κ3) is 3.27. The predicted molar refractivity (Wildman–Crippen MR) is 60.2 cm³/mol. The molecule has 7 heteroatoms. The van der Waals surface area contributed by atoms with Gasteiger partial charge in [0.1, 0.15) is 5.82 Å². The Balaban J connectivity index is 2.94. The lowest BCUT2D eigenvalue weighted by atomic mass is 10.1. The van der Waals surface area contributed by atoms with Gasteiger partial charge in [0, 0.05) is 0 Å². The minimum atomic E-state index is -1.10. The van der Waals surface area contributed by atoms with E-state index < -0.39 is 23.6 Å². The number of carbonyl (C=O) groups is 3.